The lowest BCUT2D eigenvalue weighted by molar-refractivity contribution is -0.119. The number of esters is 1. The van der Waals surface area contributed by atoms with Crippen LogP contribution in [0.1, 0.15) is 27.6 Å². The summed E-state index contributed by atoms with van der Waals surface area (Å²) in [5, 5.41) is 16.3. The lowest BCUT2D eigenvalue weighted by Gasteiger charge is -2.09. The lowest BCUT2D eigenvalue weighted by Crippen LogP contribution is -2.21. The van der Waals surface area contributed by atoms with Crippen molar-refractivity contribution in [1.29, 1.82) is 0 Å². The molecule has 1 aromatic heterocycles. The van der Waals surface area contributed by atoms with Gasteiger partial charge < -0.3 is 20.1 Å². The molecule has 0 saturated heterocycles. The second kappa shape index (κ2) is 11.4. The number of carbonyl (C=O) groups is 3. The van der Waals surface area contributed by atoms with E-state index in [1.807, 2.05) is 6.92 Å². The van der Waals surface area contributed by atoms with Crippen LogP contribution in [0.25, 0.3) is 5.69 Å². The van der Waals surface area contributed by atoms with Crippen LogP contribution in [0.15, 0.2) is 79.1 Å². The fourth-order valence-corrected chi connectivity index (χ4v) is 3.18. The predicted molar refractivity (Wildman–Crippen MR) is 130 cm³/mol. The van der Waals surface area contributed by atoms with E-state index in [1.165, 1.54) is 11.0 Å². The molecule has 182 valence electrons. The molecule has 0 atom stereocenters. The van der Waals surface area contributed by atoms with E-state index in [1.54, 1.807) is 72.8 Å². The quantitative estimate of drug-likeness (QED) is 0.344. The van der Waals surface area contributed by atoms with E-state index in [4.69, 9.17) is 9.47 Å². The molecule has 3 aromatic carbocycles. The first-order valence-electron chi connectivity index (χ1n) is 11.0. The summed E-state index contributed by atoms with van der Waals surface area (Å²) in [6, 6.07) is 19.9. The van der Waals surface area contributed by atoms with Crippen LogP contribution in [-0.4, -0.2) is 51.2 Å². The van der Waals surface area contributed by atoms with Crippen LogP contribution >= 0.6 is 0 Å². The summed E-state index contributed by atoms with van der Waals surface area (Å²) in [5.41, 5.74) is 2.32. The third-order valence-corrected chi connectivity index (χ3v) is 4.88. The summed E-state index contributed by atoms with van der Waals surface area (Å²) in [7, 11) is 0. The van der Waals surface area contributed by atoms with Crippen molar-refractivity contribution in [3.05, 3.63) is 90.3 Å². The van der Waals surface area contributed by atoms with Gasteiger partial charge in [0, 0.05) is 16.9 Å². The third kappa shape index (κ3) is 6.29. The number of amides is 2. The van der Waals surface area contributed by atoms with Crippen LogP contribution in [0, 0.1) is 0 Å². The molecule has 0 radical (unpaired) electrons. The molecule has 1 heterocycles. The Morgan fingerprint density at radius 3 is 2.31 bits per heavy atom. The average molecular weight is 486 g/mol. The minimum atomic E-state index is -0.665. The zero-order valence-corrected chi connectivity index (χ0v) is 19.2. The van der Waals surface area contributed by atoms with Gasteiger partial charge in [-0.05, 0) is 84.1 Å². The van der Waals surface area contributed by atoms with Crippen molar-refractivity contribution in [2.45, 2.75) is 6.92 Å². The van der Waals surface area contributed by atoms with Crippen molar-refractivity contribution in [2.24, 2.45) is 0 Å². The van der Waals surface area contributed by atoms with Crippen LogP contribution in [0.5, 0.6) is 5.75 Å². The standard InChI is InChI=1S/C25H22N6O5/c1-2-35-22-12-10-20(11-13-22)28-24(33)17-6-8-19(9-7-17)27-23(32)15-36-25(34)18-4-3-5-21(14-18)31-16-26-29-30-31/h3-14,16H,2,15H2,1H3,(H,27,32)(H,28,33). The Morgan fingerprint density at radius 1 is 0.889 bits per heavy atom. The summed E-state index contributed by atoms with van der Waals surface area (Å²) in [5.74, 6) is -0.762. The molecular weight excluding hydrogens is 464 g/mol. The van der Waals surface area contributed by atoms with Gasteiger partial charge in [-0.25, -0.2) is 9.48 Å². The molecule has 2 N–H and O–H groups in total. The van der Waals surface area contributed by atoms with E-state index in [-0.39, 0.29) is 11.5 Å². The molecule has 4 rings (SSSR count). The van der Waals surface area contributed by atoms with Crippen LogP contribution < -0.4 is 15.4 Å². The second-order valence-corrected chi connectivity index (χ2v) is 7.42. The first-order valence-corrected chi connectivity index (χ1v) is 11.0. The van der Waals surface area contributed by atoms with E-state index >= 15 is 0 Å². The fourth-order valence-electron chi connectivity index (χ4n) is 3.18. The number of aromatic nitrogens is 4. The van der Waals surface area contributed by atoms with Gasteiger partial charge in [-0.3, -0.25) is 9.59 Å². The molecule has 0 aliphatic rings. The number of nitrogens with zero attached hydrogens (tertiary/aromatic N) is 4. The van der Waals surface area contributed by atoms with Crippen molar-refractivity contribution in [2.75, 3.05) is 23.8 Å². The monoisotopic (exact) mass is 486 g/mol. The highest BCUT2D eigenvalue weighted by molar-refractivity contribution is 6.04. The molecule has 0 bridgehead atoms. The van der Waals surface area contributed by atoms with Crippen molar-refractivity contribution in [1.82, 2.24) is 20.2 Å². The number of nitrogens with one attached hydrogen (secondary N) is 2. The number of carbonyl (C=O) groups excluding carboxylic acids is 3. The number of benzene rings is 3. The van der Waals surface area contributed by atoms with E-state index in [2.05, 4.69) is 26.2 Å². The third-order valence-electron chi connectivity index (χ3n) is 4.88. The fraction of sp³-hybridized carbons (Fsp3) is 0.120. The molecule has 0 unspecified atom stereocenters. The number of hydrogen-bond acceptors (Lipinski definition) is 8. The Balaban J connectivity index is 1.27. The molecule has 0 saturated carbocycles. The van der Waals surface area contributed by atoms with Crippen molar-refractivity contribution in [3.63, 3.8) is 0 Å². The first-order chi connectivity index (χ1) is 17.5. The average Bonchev–Trinajstić information content (AvgIpc) is 3.44. The summed E-state index contributed by atoms with van der Waals surface area (Å²) in [4.78, 5) is 37.0. The lowest BCUT2D eigenvalue weighted by atomic mass is 10.2. The normalized spacial score (nSPS) is 10.4. The van der Waals surface area contributed by atoms with Gasteiger partial charge in [0.25, 0.3) is 11.8 Å². The Labute approximate surface area is 206 Å². The van der Waals surface area contributed by atoms with Gasteiger partial charge in [-0.2, -0.15) is 0 Å². The largest absolute Gasteiger partial charge is 0.494 e. The first kappa shape index (κ1) is 24.1. The number of ether oxygens (including phenoxy) is 2. The van der Waals surface area contributed by atoms with E-state index in [0.717, 1.165) is 5.75 Å². The van der Waals surface area contributed by atoms with Crippen LogP contribution in [0.4, 0.5) is 11.4 Å². The van der Waals surface area contributed by atoms with Gasteiger partial charge in [0.2, 0.25) is 0 Å². The van der Waals surface area contributed by atoms with E-state index < -0.39 is 18.5 Å². The number of anilines is 2. The maximum Gasteiger partial charge on any atom is 0.338 e. The van der Waals surface area contributed by atoms with Crippen molar-refractivity contribution in [3.8, 4) is 11.4 Å². The Hall–Kier alpha value is -5.06. The maximum atomic E-state index is 12.5. The highest BCUT2D eigenvalue weighted by atomic mass is 16.5. The Morgan fingerprint density at radius 2 is 1.61 bits per heavy atom. The molecule has 4 aromatic rings. The topological polar surface area (TPSA) is 137 Å². The second-order valence-electron chi connectivity index (χ2n) is 7.42. The van der Waals surface area contributed by atoms with Crippen molar-refractivity contribution < 1.29 is 23.9 Å². The van der Waals surface area contributed by atoms with Crippen LogP contribution in [0.3, 0.4) is 0 Å². The minimum absolute atomic E-state index is 0.249. The summed E-state index contributed by atoms with van der Waals surface area (Å²) in [6.45, 7) is 1.98. The zero-order chi connectivity index (χ0) is 25.3. The molecular formula is C25H22N6O5. The summed E-state index contributed by atoms with van der Waals surface area (Å²) in [6.07, 6.45) is 1.40. The minimum Gasteiger partial charge on any atom is -0.494 e. The van der Waals surface area contributed by atoms with E-state index in [0.29, 0.717) is 29.2 Å². The molecule has 11 heteroatoms. The highest BCUT2D eigenvalue weighted by Crippen LogP contribution is 2.17. The van der Waals surface area contributed by atoms with Crippen LogP contribution in [-0.2, 0) is 9.53 Å². The smallest absolute Gasteiger partial charge is 0.338 e. The highest BCUT2D eigenvalue weighted by Gasteiger charge is 2.13. The SMILES string of the molecule is CCOc1ccc(NC(=O)c2ccc(NC(=O)COC(=O)c3cccc(-n4cnnn4)c3)cc2)cc1. The van der Waals surface area contributed by atoms with Gasteiger partial charge in [0.1, 0.15) is 12.1 Å². The van der Waals surface area contributed by atoms with Gasteiger partial charge in [-0.15, -0.1) is 5.10 Å². The predicted octanol–water partition coefficient (Wildman–Crippen LogP) is 3.11. The molecule has 11 nitrogen and oxygen atoms in total. The molecule has 2 amide bonds. The summed E-state index contributed by atoms with van der Waals surface area (Å²) < 4.78 is 11.9. The van der Waals surface area contributed by atoms with Gasteiger partial charge in [-0.1, -0.05) is 6.07 Å². The number of rotatable bonds is 9. The number of hydrogen-bond donors (Lipinski definition) is 2. The Kier molecular flexibility index (Phi) is 7.61. The maximum absolute atomic E-state index is 12.5. The van der Waals surface area contributed by atoms with Crippen molar-refractivity contribution >= 4 is 29.2 Å². The molecule has 36 heavy (non-hydrogen) atoms. The van der Waals surface area contributed by atoms with Gasteiger partial charge in [0.15, 0.2) is 6.61 Å². The zero-order valence-electron chi connectivity index (χ0n) is 19.2. The molecule has 0 aliphatic heterocycles. The summed E-state index contributed by atoms with van der Waals surface area (Å²) >= 11 is 0. The number of tetrazole rings is 1. The van der Waals surface area contributed by atoms with Crippen LogP contribution in [0.2, 0.25) is 0 Å². The molecule has 0 aliphatic carbocycles. The molecule has 0 spiro atoms. The Bertz CT molecular complexity index is 1340. The van der Waals surface area contributed by atoms with Gasteiger partial charge in [0.05, 0.1) is 17.9 Å². The van der Waals surface area contributed by atoms with E-state index in [9.17, 15) is 14.4 Å². The van der Waals surface area contributed by atoms with Gasteiger partial charge >= 0.3 is 5.97 Å². The molecule has 0 fully saturated rings.